The minimum atomic E-state index is -0.202. The van der Waals surface area contributed by atoms with Gasteiger partial charge in [0, 0.05) is 50.6 Å². The van der Waals surface area contributed by atoms with Crippen LogP contribution in [0.1, 0.15) is 12.8 Å². The molecule has 26 heavy (non-hydrogen) atoms. The van der Waals surface area contributed by atoms with Gasteiger partial charge in [0.1, 0.15) is 5.82 Å². The molecule has 0 spiro atoms. The Labute approximate surface area is 155 Å². The highest BCUT2D eigenvalue weighted by atomic mass is 19.1. The van der Waals surface area contributed by atoms with Crippen LogP contribution in [0.15, 0.2) is 29.3 Å². The topological polar surface area (TPSA) is 57.3 Å². The SMILES string of the molecule is CN(C)C1(CN=C(N)N2CCN(c3ccc(F)cc3)CC2)CCOCC1. The van der Waals surface area contributed by atoms with Gasteiger partial charge in [-0.3, -0.25) is 4.99 Å². The molecule has 0 unspecified atom stereocenters. The summed E-state index contributed by atoms with van der Waals surface area (Å²) in [5, 5.41) is 0. The fourth-order valence-electron chi connectivity index (χ4n) is 3.67. The lowest BCUT2D eigenvalue weighted by Gasteiger charge is -2.42. The Morgan fingerprint density at radius 2 is 1.77 bits per heavy atom. The Morgan fingerprint density at radius 3 is 2.35 bits per heavy atom. The van der Waals surface area contributed by atoms with E-state index in [-0.39, 0.29) is 11.4 Å². The summed E-state index contributed by atoms with van der Waals surface area (Å²) in [7, 11) is 4.22. The van der Waals surface area contributed by atoms with Crippen molar-refractivity contribution in [1.29, 1.82) is 0 Å². The molecule has 2 saturated heterocycles. The second-order valence-corrected chi connectivity index (χ2v) is 7.36. The normalized spacial score (nSPS) is 21.3. The number of guanidine groups is 1. The number of benzene rings is 1. The molecule has 2 fully saturated rings. The number of nitrogens with two attached hydrogens (primary N) is 1. The maximum Gasteiger partial charge on any atom is 0.191 e. The van der Waals surface area contributed by atoms with Gasteiger partial charge >= 0.3 is 0 Å². The third kappa shape index (κ3) is 4.27. The molecule has 0 bridgehead atoms. The molecule has 1 aromatic carbocycles. The molecule has 2 heterocycles. The highest BCUT2D eigenvalue weighted by molar-refractivity contribution is 5.78. The highest BCUT2D eigenvalue weighted by Crippen LogP contribution is 2.26. The van der Waals surface area contributed by atoms with Crippen molar-refractivity contribution >= 4 is 11.6 Å². The van der Waals surface area contributed by atoms with E-state index in [0.29, 0.717) is 12.5 Å². The average molecular weight is 363 g/mol. The van der Waals surface area contributed by atoms with Crippen LogP contribution in [0.2, 0.25) is 0 Å². The van der Waals surface area contributed by atoms with Gasteiger partial charge in [-0.1, -0.05) is 0 Å². The summed E-state index contributed by atoms with van der Waals surface area (Å²) < 4.78 is 18.6. The van der Waals surface area contributed by atoms with Crippen molar-refractivity contribution < 1.29 is 9.13 Å². The molecule has 0 atom stereocenters. The minimum absolute atomic E-state index is 0.0405. The van der Waals surface area contributed by atoms with Crippen LogP contribution < -0.4 is 10.6 Å². The summed E-state index contributed by atoms with van der Waals surface area (Å²) in [6.07, 6.45) is 1.96. The maximum absolute atomic E-state index is 13.1. The number of aliphatic imine (C=N–C) groups is 1. The van der Waals surface area contributed by atoms with Crippen LogP contribution in [0.5, 0.6) is 0 Å². The largest absolute Gasteiger partial charge is 0.381 e. The Balaban J connectivity index is 1.56. The molecule has 0 radical (unpaired) electrons. The fraction of sp³-hybridized carbons (Fsp3) is 0.632. The van der Waals surface area contributed by atoms with Gasteiger partial charge in [-0.05, 0) is 51.2 Å². The van der Waals surface area contributed by atoms with Crippen molar-refractivity contribution in [2.75, 3.05) is 64.9 Å². The molecule has 2 N–H and O–H groups in total. The third-order valence-electron chi connectivity index (χ3n) is 5.70. The third-order valence-corrected chi connectivity index (χ3v) is 5.70. The molecule has 3 rings (SSSR count). The monoisotopic (exact) mass is 363 g/mol. The van der Waals surface area contributed by atoms with Crippen molar-refractivity contribution in [3.8, 4) is 0 Å². The van der Waals surface area contributed by atoms with Crippen LogP contribution in [0.4, 0.5) is 10.1 Å². The van der Waals surface area contributed by atoms with Gasteiger partial charge in [-0.2, -0.15) is 0 Å². The Kier molecular flexibility index (Phi) is 5.98. The molecule has 2 aliphatic rings. The van der Waals surface area contributed by atoms with Gasteiger partial charge in [-0.25, -0.2) is 4.39 Å². The van der Waals surface area contributed by atoms with E-state index in [1.807, 2.05) is 12.1 Å². The Morgan fingerprint density at radius 1 is 1.15 bits per heavy atom. The molecule has 2 aliphatic heterocycles. The van der Waals surface area contributed by atoms with Crippen molar-refractivity contribution in [2.45, 2.75) is 18.4 Å². The average Bonchev–Trinajstić information content (AvgIpc) is 2.67. The van der Waals surface area contributed by atoms with Crippen LogP contribution >= 0.6 is 0 Å². The van der Waals surface area contributed by atoms with Gasteiger partial charge in [0.15, 0.2) is 5.96 Å². The van der Waals surface area contributed by atoms with Gasteiger partial charge in [-0.15, -0.1) is 0 Å². The number of hydrogen-bond acceptors (Lipinski definition) is 4. The van der Waals surface area contributed by atoms with E-state index in [0.717, 1.165) is 57.9 Å². The van der Waals surface area contributed by atoms with Crippen LogP contribution in [0, 0.1) is 5.82 Å². The van der Waals surface area contributed by atoms with Gasteiger partial charge in [0.05, 0.1) is 6.54 Å². The zero-order chi connectivity index (χ0) is 18.6. The van der Waals surface area contributed by atoms with Crippen LogP contribution in [-0.4, -0.2) is 81.3 Å². The zero-order valence-corrected chi connectivity index (χ0v) is 15.8. The molecular formula is C19H30FN5O. The second-order valence-electron chi connectivity index (χ2n) is 7.36. The van der Waals surface area contributed by atoms with Gasteiger partial charge < -0.3 is 25.2 Å². The van der Waals surface area contributed by atoms with E-state index in [9.17, 15) is 4.39 Å². The molecule has 0 aromatic heterocycles. The Hall–Kier alpha value is -1.86. The number of rotatable bonds is 4. The fourth-order valence-corrected chi connectivity index (χ4v) is 3.67. The quantitative estimate of drug-likeness (QED) is 0.647. The lowest BCUT2D eigenvalue weighted by molar-refractivity contribution is -0.00261. The van der Waals surface area contributed by atoms with Crippen LogP contribution in [0.3, 0.4) is 0 Å². The summed E-state index contributed by atoms with van der Waals surface area (Å²) in [6, 6.07) is 6.67. The van der Waals surface area contributed by atoms with Crippen molar-refractivity contribution in [2.24, 2.45) is 10.7 Å². The summed E-state index contributed by atoms with van der Waals surface area (Å²) in [5.41, 5.74) is 7.38. The summed E-state index contributed by atoms with van der Waals surface area (Å²) in [5.74, 6) is 0.420. The zero-order valence-electron chi connectivity index (χ0n) is 15.8. The molecule has 1 aromatic rings. The van der Waals surface area contributed by atoms with E-state index in [4.69, 9.17) is 15.5 Å². The lowest BCUT2D eigenvalue weighted by atomic mass is 9.89. The maximum atomic E-state index is 13.1. The number of piperazine rings is 1. The first kappa shape index (κ1) is 18.9. The standard InChI is InChI=1S/C19H30FN5O/c1-23(2)19(7-13-26-14-8-19)15-22-18(21)25-11-9-24(10-12-25)17-5-3-16(20)4-6-17/h3-6H,7-15H2,1-2H3,(H2,21,22). The second kappa shape index (κ2) is 8.22. The Bertz CT molecular complexity index is 605. The van der Waals surface area contributed by atoms with E-state index in [1.54, 1.807) is 0 Å². The number of anilines is 1. The first-order valence-corrected chi connectivity index (χ1v) is 9.31. The van der Waals surface area contributed by atoms with E-state index in [2.05, 4.69) is 28.8 Å². The predicted molar refractivity (Wildman–Crippen MR) is 103 cm³/mol. The van der Waals surface area contributed by atoms with Gasteiger partial charge in [0.25, 0.3) is 0 Å². The number of likely N-dealkylation sites (N-methyl/N-ethyl adjacent to an activating group) is 1. The van der Waals surface area contributed by atoms with E-state index in [1.165, 1.54) is 12.1 Å². The summed E-state index contributed by atoms with van der Waals surface area (Å²) in [4.78, 5) is 11.4. The number of ether oxygens (including phenoxy) is 1. The molecule has 6 nitrogen and oxygen atoms in total. The molecule has 0 aliphatic carbocycles. The highest BCUT2D eigenvalue weighted by Gasteiger charge is 2.34. The smallest absolute Gasteiger partial charge is 0.191 e. The van der Waals surface area contributed by atoms with E-state index < -0.39 is 0 Å². The van der Waals surface area contributed by atoms with Crippen LogP contribution in [-0.2, 0) is 4.74 Å². The van der Waals surface area contributed by atoms with Crippen molar-refractivity contribution in [3.05, 3.63) is 30.1 Å². The van der Waals surface area contributed by atoms with E-state index >= 15 is 0 Å². The summed E-state index contributed by atoms with van der Waals surface area (Å²) >= 11 is 0. The number of hydrogen-bond donors (Lipinski definition) is 1. The molecular weight excluding hydrogens is 333 g/mol. The predicted octanol–water partition coefficient (Wildman–Crippen LogP) is 1.37. The minimum Gasteiger partial charge on any atom is -0.381 e. The molecule has 0 amide bonds. The first-order chi connectivity index (χ1) is 12.5. The number of nitrogens with zero attached hydrogens (tertiary/aromatic N) is 4. The van der Waals surface area contributed by atoms with Crippen LogP contribution in [0.25, 0.3) is 0 Å². The summed E-state index contributed by atoms with van der Waals surface area (Å²) in [6.45, 7) is 5.62. The van der Waals surface area contributed by atoms with Crippen molar-refractivity contribution in [1.82, 2.24) is 9.80 Å². The lowest BCUT2D eigenvalue weighted by Crippen LogP contribution is -2.53. The number of halogens is 1. The van der Waals surface area contributed by atoms with Gasteiger partial charge in [0.2, 0.25) is 0 Å². The molecule has 7 heteroatoms. The van der Waals surface area contributed by atoms with Crippen molar-refractivity contribution in [3.63, 3.8) is 0 Å². The first-order valence-electron chi connectivity index (χ1n) is 9.31. The molecule has 0 saturated carbocycles. The molecule has 144 valence electrons.